The smallest absolute Gasteiger partial charge is 0.135 e. The summed E-state index contributed by atoms with van der Waals surface area (Å²) >= 11 is 0. The van der Waals surface area contributed by atoms with Gasteiger partial charge in [-0.2, -0.15) is 0 Å². The molecule has 0 fully saturated rings. The minimum atomic E-state index is -1.31. The lowest BCUT2D eigenvalue weighted by atomic mass is 9.91. The molecule has 0 saturated carbocycles. The van der Waals surface area contributed by atoms with Crippen LogP contribution in [0.25, 0.3) is 0 Å². The van der Waals surface area contributed by atoms with Crippen molar-refractivity contribution in [1.29, 1.82) is 0 Å². The van der Waals surface area contributed by atoms with Gasteiger partial charge in [0, 0.05) is 6.42 Å². The van der Waals surface area contributed by atoms with Crippen molar-refractivity contribution in [2.75, 3.05) is 0 Å². The SMILES string of the molecule is [NH3+][C@@H]1CC(C(=O)[O-])=C[C@@H](O)[C@H]1O. The minimum absolute atomic E-state index is 0.00722. The Hall–Kier alpha value is -0.910. The predicted octanol–water partition coefficient (Wildman–Crippen LogP) is -3.60. The fraction of sp³-hybridized carbons (Fsp3) is 0.571. The molecule has 1 aliphatic rings. The molecule has 0 saturated heterocycles. The first kappa shape index (κ1) is 9.18. The zero-order valence-corrected chi connectivity index (χ0v) is 6.43. The van der Waals surface area contributed by atoms with Gasteiger partial charge in [0.1, 0.15) is 18.2 Å². The van der Waals surface area contributed by atoms with Crippen molar-refractivity contribution in [3.8, 4) is 0 Å². The minimum Gasteiger partial charge on any atom is -0.545 e. The third-order valence-electron chi connectivity index (χ3n) is 1.95. The van der Waals surface area contributed by atoms with E-state index in [4.69, 9.17) is 5.11 Å². The van der Waals surface area contributed by atoms with Gasteiger partial charge < -0.3 is 25.8 Å². The number of quaternary nitrogens is 1. The van der Waals surface area contributed by atoms with E-state index in [9.17, 15) is 15.0 Å². The number of carbonyl (C=O) groups excluding carboxylic acids is 1. The van der Waals surface area contributed by atoms with Gasteiger partial charge in [-0.15, -0.1) is 0 Å². The molecule has 5 heteroatoms. The first-order chi connectivity index (χ1) is 5.52. The predicted molar refractivity (Wildman–Crippen MR) is 36.4 cm³/mol. The summed E-state index contributed by atoms with van der Waals surface area (Å²) in [5.74, 6) is -1.31. The molecule has 3 atom stereocenters. The molecule has 0 heterocycles. The largest absolute Gasteiger partial charge is 0.545 e. The molecular weight excluding hydrogens is 162 g/mol. The zero-order valence-electron chi connectivity index (χ0n) is 6.43. The fourth-order valence-electron chi connectivity index (χ4n) is 1.21. The lowest BCUT2D eigenvalue weighted by Gasteiger charge is -2.26. The number of aliphatic hydroxyl groups is 2. The van der Waals surface area contributed by atoms with E-state index < -0.39 is 24.2 Å². The quantitative estimate of drug-likeness (QED) is 0.380. The van der Waals surface area contributed by atoms with E-state index in [1.54, 1.807) is 0 Å². The van der Waals surface area contributed by atoms with Crippen molar-refractivity contribution in [2.24, 2.45) is 0 Å². The highest BCUT2D eigenvalue weighted by Crippen LogP contribution is 2.16. The van der Waals surface area contributed by atoms with Crippen molar-refractivity contribution in [3.05, 3.63) is 11.6 Å². The number of hydrogen-bond acceptors (Lipinski definition) is 4. The molecule has 12 heavy (non-hydrogen) atoms. The molecule has 0 aromatic carbocycles. The van der Waals surface area contributed by atoms with Gasteiger partial charge in [0.05, 0.1) is 5.97 Å². The second-order valence-corrected chi connectivity index (χ2v) is 2.92. The molecule has 0 aromatic heterocycles. The van der Waals surface area contributed by atoms with E-state index in [2.05, 4.69) is 5.73 Å². The molecule has 68 valence electrons. The first-order valence-corrected chi connectivity index (χ1v) is 3.63. The van der Waals surface area contributed by atoms with Crippen LogP contribution in [0.15, 0.2) is 11.6 Å². The van der Waals surface area contributed by atoms with Crippen LogP contribution >= 0.6 is 0 Å². The van der Waals surface area contributed by atoms with Gasteiger partial charge in [-0.3, -0.25) is 0 Å². The zero-order chi connectivity index (χ0) is 9.30. The normalized spacial score (nSPS) is 35.9. The Morgan fingerprint density at radius 2 is 2.25 bits per heavy atom. The van der Waals surface area contributed by atoms with Crippen molar-refractivity contribution >= 4 is 5.97 Å². The van der Waals surface area contributed by atoms with E-state index >= 15 is 0 Å². The van der Waals surface area contributed by atoms with Crippen LogP contribution in [0.2, 0.25) is 0 Å². The van der Waals surface area contributed by atoms with Gasteiger partial charge in [0.15, 0.2) is 0 Å². The van der Waals surface area contributed by atoms with Crippen LogP contribution < -0.4 is 10.8 Å². The van der Waals surface area contributed by atoms with E-state index in [0.29, 0.717) is 0 Å². The second-order valence-electron chi connectivity index (χ2n) is 2.92. The maximum atomic E-state index is 10.4. The van der Waals surface area contributed by atoms with Crippen molar-refractivity contribution < 1.29 is 25.8 Å². The molecule has 0 aromatic rings. The van der Waals surface area contributed by atoms with Crippen LogP contribution in [0, 0.1) is 0 Å². The van der Waals surface area contributed by atoms with E-state index in [1.807, 2.05) is 0 Å². The Morgan fingerprint density at radius 1 is 1.67 bits per heavy atom. The number of aliphatic hydroxyl groups excluding tert-OH is 2. The molecule has 1 rings (SSSR count). The summed E-state index contributed by atoms with van der Waals surface area (Å²) in [4.78, 5) is 10.4. The van der Waals surface area contributed by atoms with Crippen LogP contribution in [-0.2, 0) is 4.79 Å². The highest BCUT2D eigenvalue weighted by atomic mass is 16.4. The average molecular weight is 173 g/mol. The van der Waals surface area contributed by atoms with Crippen LogP contribution in [0.3, 0.4) is 0 Å². The Labute approximate surface area is 69.1 Å². The maximum Gasteiger partial charge on any atom is 0.135 e. The summed E-state index contributed by atoms with van der Waals surface area (Å²) in [5, 5.41) is 28.6. The molecular formula is C7H11NO4. The van der Waals surface area contributed by atoms with Gasteiger partial charge in [-0.1, -0.05) is 0 Å². The Balaban J connectivity index is 2.81. The monoisotopic (exact) mass is 173 g/mol. The number of rotatable bonds is 1. The standard InChI is InChI=1S/C7H11NO4/c8-4-1-3(7(11)12)2-5(9)6(4)10/h2,4-6,9-10H,1,8H2,(H,11,12)/t4-,5-,6+/m1/s1. The molecule has 0 spiro atoms. The number of hydrogen-bond donors (Lipinski definition) is 3. The van der Waals surface area contributed by atoms with Gasteiger partial charge >= 0.3 is 0 Å². The lowest BCUT2D eigenvalue weighted by Crippen LogP contribution is -2.69. The van der Waals surface area contributed by atoms with Gasteiger partial charge in [-0.05, 0) is 11.6 Å². The van der Waals surface area contributed by atoms with Crippen molar-refractivity contribution in [3.63, 3.8) is 0 Å². The Bertz CT molecular complexity index is 225. The summed E-state index contributed by atoms with van der Waals surface area (Å²) < 4.78 is 0. The summed E-state index contributed by atoms with van der Waals surface area (Å²) in [7, 11) is 0. The molecule has 0 aliphatic heterocycles. The van der Waals surface area contributed by atoms with Gasteiger partial charge in [0.2, 0.25) is 0 Å². The number of carboxylic acids is 1. The summed E-state index contributed by atoms with van der Waals surface area (Å²) in [6.07, 6.45) is -0.885. The highest BCUT2D eigenvalue weighted by molar-refractivity contribution is 5.85. The Kier molecular flexibility index (Phi) is 2.46. The molecule has 5 N–H and O–H groups in total. The molecule has 0 bridgehead atoms. The van der Waals surface area contributed by atoms with Crippen LogP contribution in [0.4, 0.5) is 0 Å². The summed E-state index contributed by atoms with van der Waals surface area (Å²) in [6, 6.07) is -0.488. The van der Waals surface area contributed by atoms with Crippen LogP contribution in [0.5, 0.6) is 0 Å². The van der Waals surface area contributed by atoms with E-state index in [-0.39, 0.29) is 12.0 Å². The van der Waals surface area contributed by atoms with E-state index in [1.165, 1.54) is 0 Å². The second kappa shape index (κ2) is 3.22. The number of carboxylic acid groups (broad SMARTS) is 1. The topological polar surface area (TPSA) is 108 Å². The first-order valence-electron chi connectivity index (χ1n) is 3.63. The number of aliphatic carboxylic acids is 1. The van der Waals surface area contributed by atoms with Crippen molar-refractivity contribution in [2.45, 2.75) is 24.7 Å². The molecule has 0 unspecified atom stereocenters. The fourth-order valence-corrected chi connectivity index (χ4v) is 1.21. The number of carbonyl (C=O) groups is 1. The Morgan fingerprint density at radius 3 is 2.67 bits per heavy atom. The summed E-state index contributed by atoms with van der Waals surface area (Å²) in [5.41, 5.74) is 3.53. The summed E-state index contributed by atoms with van der Waals surface area (Å²) in [6.45, 7) is 0. The lowest BCUT2D eigenvalue weighted by molar-refractivity contribution is -0.442. The van der Waals surface area contributed by atoms with Gasteiger partial charge in [0.25, 0.3) is 0 Å². The van der Waals surface area contributed by atoms with Crippen LogP contribution in [-0.4, -0.2) is 34.4 Å². The third-order valence-corrected chi connectivity index (χ3v) is 1.95. The molecule has 5 nitrogen and oxygen atoms in total. The van der Waals surface area contributed by atoms with Crippen molar-refractivity contribution in [1.82, 2.24) is 0 Å². The maximum absolute atomic E-state index is 10.4. The van der Waals surface area contributed by atoms with Crippen LogP contribution in [0.1, 0.15) is 6.42 Å². The molecule has 0 radical (unpaired) electrons. The average Bonchev–Trinajstić information content (AvgIpc) is 1.99. The molecule has 1 aliphatic carbocycles. The van der Waals surface area contributed by atoms with Gasteiger partial charge in [-0.25, -0.2) is 0 Å². The molecule has 0 amide bonds. The highest BCUT2D eigenvalue weighted by Gasteiger charge is 2.30. The third kappa shape index (κ3) is 1.63. The van der Waals surface area contributed by atoms with E-state index in [0.717, 1.165) is 6.08 Å².